The Morgan fingerprint density at radius 1 is 1.30 bits per heavy atom. The molecule has 0 saturated heterocycles. The third-order valence-electron chi connectivity index (χ3n) is 2.98. The minimum atomic E-state index is -0.333. The van der Waals surface area contributed by atoms with Crippen LogP contribution in [-0.2, 0) is 16.0 Å². The van der Waals surface area contributed by atoms with Gasteiger partial charge in [-0.1, -0.05) is 13.0 Å². The Bertz CT molecular complexity index is 555. The molecule has 0 aromatic heterocycles. The second kappa shape index (κ2) is 6.18. The van der Waals surface area contributed by atoms with Crippen LogP contribution in [0.1, 0.15) is 29.3 Å². The molecule has 0 aliphatic carbocycles. The zero-order chi connectivity index (χ0) is 14.5. The molecule has 3 N–H and O–H groups in total. The molecule has 0 spiro atoms. The summed E-state index contributed by atoms with van der Waals surface area (Å²) in [6.07, 6.45) is 1.20. The quantitative estimate of drug-likeness (QED) is 0.728. The van der Waals surface area contributed by atoms with Gasteiger partial charge in [0.15, 0.2) is 0 Å². The highest BCUT2D eigenvalue weighted by Crippen LogP contribution is 2.23. The van der Waals surface area contributed by atoms with Crippen molar-refractivity contribution in [1.29, 1.82) is 0 Å². The summed E-state index contributed by atoms with van der Waals surface area (Å²) in [4.78, 5) is 34.5. The van der Waals surface area contributed by atoms with Crippen molar-refractivity contribution in [3.8, 4) is 0 Å². The normalized spacial score (nSPS) is 12.6. The predicted octanol–water partition coefficient (Wildman–Crippen LogP) is 0.437. The van der Waals surface area contributed by atoms with Gasteiger partial charge in [0.25, 0.3) is 5.91 Å². The van der Waals surface area contributed by atoms with Crippen LogP contribution in [-0.4, -0.2) is 30.8 Å². The summed E-state index contributed by atoms with van der Waals surface area (Å²) in [6, 6.07) is 5.03. The molecule has 2 rings (SSSR count). The van der Waals surface area contributed by atoms with Gasteiger partial charge in [0.2, 0.25) is 11.8 Å². The minimum absolute atomic E-state index is 0.0533. The van der Waals surface area contributed by atoms with Gasteiger partial charge >= 0.3 is 0 Å². The van der Waals surface area contributed by atoms with Gasteiger partial charge in [-0.05, 0) is 24.1 Å². The zero-order valence-electron chi connectivity index (χ0n) is 11.3. The van der Waals surface area contributed by atoms with Crippen molar-refractivity contribution in [3.63, 3.8) is 0 Å². The van der Waals surface area contributed by atoms with Crippen molar-refractivity contribution in [1.82, 2.24) is 10.6 Å². The van der Waals surface area contributed by atoms with Gasteiger partial charge in [-0.25, -0.2) is 0 Å². The second-order valence-electron chi connectivity index (χ2n) is 4.63. The van der Waals surface area contributed by atoms with E-state index in [1.807, 2.05) is 6.92 Å². The summed E-state index contributed by atoms with van der Waals surface area (Å²) in [5.41, 5.74) is 1.97. The van der Waals surface area contributed by atoms with E-state index in [2.05, 4.69) is 16.0 Å². The molecule has 0 saturated carbocycles. The molecule has 6 heteroatoms. The fourth-order valence-corrected chi connectivity index (χ4v) is 1.95. The van der Waals surface area contributed by atoms with E-state index >= 15 is 0 Å². The number of hydrogen-bond acceptors (Lipinski definition) is 3. The molecule has 1 aliphatic heterocycles. The van der Waals surface area contributed by atoms with Gasteiger partial charge in [0.1, 0.15) is 0 Å². The van der Waals surface area contributed by atoms with E-state index in [4.69, 9.17) is 0 Å². The van der Waals surface area contributed by atoms with Crippen LogP contribution in [0.5, 0.6) is 0 Å². The molecule has 3 amide bonds. The smallest absolute Gasteiger partial charge is 0.251 e. The van der Waals surface area contributed by atoms with Gasteiger partial charge in [0.05, 0.1) is 13.0 Å². The third-order valence-corrected chi connectivity index (χ3v) is 2.98. The summed E-state index contributed by atoms with van der Waals surface area (Å²) in [6.45, 7) is 2.50. The number of nitrogens with one attached hydrogen (secondary N) is 3. The second-order valence-corrected chi connectivity index (χ2v) is 4.63. The van der Waals surface area contributed by atoms with Crippen LogP contribution in [0.15, 0.2) is 18.2 Å². The Balaban J connectivity index is 1.92. The van der Waals surface area contributed by atoms with E-state index < -0.39 is 0 Å². The van der Waals surface area contributed by atoms with E-state index in [-0.39, 0.29) is 24.3 Å². The van der Waals surface area contributed by atoms with E-state index in [1.54, 1.807) is 18.2 Å². The molecule has 106 valence electrons. The number of carbonyl (C=O) groups excluding carboxylic acids is 3. The molecule has 1 aliphatic rings. The topological polar surface area (TPSA) is 87.3 Å². The standard InChI is InChI=1S/C14H17N3O3/c1-2-5-15-13(19)8-16-14(20)10-4-3-9-7-12(18)17-11(9)6-10/h3-4,6H,2,5,7-8H2,1H3,(H,15,19)(H,16,20)(H,17,18). The number of benzene rings is 1. The molecule has 0 radical (unpaired) electrons. The largest absolute Gasteiger partial charge is 0.355 e. The lowest BCUT2D eigenvalue weighted by molar-refractivity contribution is -0.120. The van der Waals surface area contributed by atoms with Gasteiger partial charge < -0.3 is 16.0 Å². The van der Waals surface area contributed by atoms with E-state index in [0.29, 0.717) is 24.2 Å². The fourth-order valence-electron chi connectivity index (χ4n) is 1.95. The van der Waals surface area contributed by atoms with Crippen LogP contribution >= 0.6 is 0 Å². The number of carbonyl (C=O) groups is 3. The van der Waals surface area contributed by atoms with Crippen molar-refractivity contribution >= 4 is 23.4 Å². The maximum absolute atomic E-state index is 11.9. The third kappa shape index (κ3) is 3.34. The molecule has 0 bridgehead atoms. The molecule has 1 aromatic carbocycles. The van der Waals surface area contributed by atoms with E-state index in [0.717, 1.165) is 12.0 Å². The lowest BCUT2D eigenvalue weighted by Crippen LogP contribution is -2.37. The van der Waals surface area contributed by atoms with Crippen LogP contribution in [0.4, 0.5) is 5.69 Å². The van der Waals surface area contributed by atoms with Crippen LogP contribution in [0.3, 0.4) is 0 Å². The Kier molecular flexibility index (Phi) is 4.34. The highest BCUT2D eigenvalue weighted by molar-refractivity contribution is 6.02. The predicted molar refractivity (Wildman–Crippen MR) is 74.4 cm³/mol. The molecule has 0 unspecified atom stereocenters. The van der Waals surface area contributed by atoms with Crippen molar-refractivity contribution < 1.29 is 14.4 Å². The first-order chi connectivity index (χ1) is 9.60. The average molecular weight is 275 g/mol. The minimum Gasteiger partial charge on any atom is -0.355 e. The Morgan fingerprint density at radius 2 is 2.10 bits per heavy atom. The highest BCUT2D eigenvalue weighted by atomic mass is 16.2. The molecule has 20 heavy (non-hydrogen) atoms. The Labute approximate surface area is 116 Å². The molecular weight excluding hydrogens is 258 g/mol. The SMILES string of the molecule is CCCNC(=O)CNC(=O)c1ccc2c(c1)NC(=O)C2. The molecule has 0 atom stereocenters. The summed E-state index contributed by atoms with van der Waals surface area (Å²) in [5, 5.41) is 7.91. The Hall–Kier alpha value is -2.37. The molecule has 1 aromatic rings. The highest BCUT2D eigenvalue weighted by Gasteiger charge is 2.19. The van der Waals surface area contributed by atoms with Crippen LogP contribution in [0.25, 0.3) is 0 Å². The summed E-state index contributed by atoms with van der Waals surface area (Å²) >= 11 is 0. The maximum Gasteiger partial charge on any atom is 0.251 e. The van der Waals surface area contributed by atoms with Crippen molar-refractivity contribution in [2.75, 3.05) is 18.4 Å². The number of anilines is 1. The van der Waals surface area contributed by atoms with Crippen molar-refractivity contribution in [3.05, 3.63) is 29.3 Å². The lowest BCUT2D eigenvalue weighted by Gasteiger charge is -2.07. The first kappa shape index (κ1) is 14.0. The van der Waals surface area contributed by atoms with E-state index in [1.165, 1.54) is 0 Å². The average Bonchev–Trinajstić information content (AvgIpc) is 2.81. The molecular formula is C14H17N3O3. The number of rotatable bonds is 5. The van der Waals surface area contributed by atoms with Crippen LogP contribution in [0, 0.1) is 0 Å². The van der Waals surface area contributed by atoms with Crippen LogP contribution in [0.2, 0.25) is 0 Å². The molecule has 0 fully saturated rings. The summed E-state index contributed by atoms with van der Waals surface area (Å²) in [5.74, 6) is -0.619. The van der Waals surface area contributed by atoms with Gasteiger partial charge in [-0.15, -0.1) is 0 Å². The molecule has 1 heterocycles. The number of hydrogen-bond donors (Lipinski definition) is 3. The molecule has 6 nitrogen and oxygen atoms in total. The maximum atomic E-state index is 11.9. The first-order valence-corrected chi connectivity index (χ1v) is 6.58. The van der Waals surface area contributed by atoms with Gasteiger partial charge in [0, 0.05) is 17.8 Å². The van der Waals surface area contributed by atoms with Crippen molar-refractivity contribution in [2.24, 2.45) is 0 Å². The van der Waals surface area contributed by atoms with Gasteiger partial charge in [-0.3, -0.25) is 14.4 Å². The monoisotopic (exact) mass is 275 g/mol. The zero-order valence-corrected chi connectivity index (χ0v) is 11.3. The lowest BCUT2D eigenvalue weighted by atomic mass is 10.1. The summed E-state index contributed by atoms with van der Waals surface area (Å²) < 4.78 is 0. The fraction of sp³-hybridized carbons (Fsp3) is 0.357. The first-order valence-electron chi connectivity index (χ1n) is 6.58. The van der Waals surface area contributed by atoms with Crippen LogP contribution < -0.4 is 16.0 Å². The summed E-state index contributed by atoms with van der Waals surface area (Å²) in [7, 11) is 0. The number of fused-ring (bicyclic) bond motifs is 1. The van der Waals surface area contributed by atoms with Gasteiger partial charge in [-0.2, -0.15) is 0 Å². The van der Waals surface area contributed by atoms with E-state index in [9.17, 15) is 14.4 Å². The van der Waals surface area contributed by atoms with Crippen molar-refractivity contribution in [2.45, 2.75) is 19.8 Å². The number of amides is 3. The Morgan fingerprint density at radius 3 is 2.85 bits per heavy atom.